The summed E-state index contributed by atoms with van der Waals surface area (Å²) in [7, 11) is -3.51. The molecule has 37 heavy (non-hydrogen) atoms. The first kappa shape index (κ1) is 24.0. The predicted octanol–water partition coefficient (Wildman–Crippen LogP) is 5.08. The smallest absolute Gasteiger partial charge is 0.154 e. The van der Waals surface area contributed by atoms with E-state index in [4.69, 9.17) is 4.98 Å². The molecule has 1 saturated heterocycles. The molecule has 4 aromatic rings. The Kier molecular flexibility index (Phi) is 6.14. The molecule has 1 aromatic carbocycles. The highest BCUT2D eigenvalue weighted by Gasteiger charge is 2.30. The van der Waals surface area contributed by atoms with Crippen LogP contribution in [0.2, 0.25) is 0 Å². The summed E-state index contributed by atoms with van der Waals surface area (Å²) >= 11 is 0. The van der Waals surface area contributed by atoms with Gasteiger partial charge in [-0.1, -0.05) is 6.07 Å². The molecule has 0 amide bonds. The minimum Gasteiger partial charge on any atom is -0.357 e. The Morgan fingerprint density at radius 1 is 0.973 bits per heavy atom. The quantitative estimate of drug-likeness (QED) is 0.336. The average molecular weight is 524 g/mol. The van der Waals surface area contributed by atoms with Crippen molar-refractivity contribution in [3.63, 3.8) is 0 Å². The van der Waals surface area contributed by atoms with E-state index in [9.17, 15) is 8.42 Å². The fraction of sp³-hybridized carbons (Fsp3) is 0.370. The van der Waals surface area contributed by atoms with Crippen LogP contribution in [0.5, 0.6) is 0 Å². The monoisotopic (exact) mass is 523 g/mol. The number of nitrogens with zero attached hydrogens (tertiary/aromatic N) is 5. The van der Waals surface area contributed by atoms with Crippen LogP contribution in [-0.4, -0.2) is 46.8 Å². The number of anilines is 1. The molecule has 192 valence electrons. The van der Waals surface area contributed by atoms with Gasteiger partial charge in [0.2, 0.25) is 0 Å². The molecule has 0 spiro atoms. The molecule has 1 aliphatic carbocycles. The maximum absolute atomic E-state index is 15.8. The van der Waals surface area contributed by atoms with Crippen LogP contribution < -0.4 is 4.90 Å². The Balaban J connectivity index is 1.49. The zero-order valence-electron chi connectivity index (χ0n) is 20.3. The van der Waals surface area contributed by atoms with Gasteiger partial charge in [0.25, 0.3) is 0 Å². The van der Waals surface area contributed by atoms with Gasteiger partial charge >= 0.3 is 0 Å². The molecule has 3 aromatic heterocycles. The summed E-state index contributed by atoms with van der Waals surface area (Å²) in [6.45, 7) is 1.81. The first-order valence-electron chi connectivity index (χ1n) is 12.6. The van der Waals surface area contributed by atoms with Gasteiger partial charge < -0.3 is 9.47 Å². The first-order valence-corrected chi connectivity index (χ1v) is 14.4. The topological polar surface area (TPSA) is 81.0 Å². The average Bonchev–Trinajstić information content (AvgIpc) is 3.63. The fourth-order valence-corrected chi connectivity index (χ4v) is 6.95. The Labute approximate surface area is 214 Å². The maximum Gasteiger partial charge on any atom is 0.154 e. The van der Waals surface area contributed by atoms with Crippen LogP contribution in [0, 0.1) is 17.6 Å². The fourth-order valence-electron chi connectivity index (χ4n) is 5.08. The van der Waals surface area contributed by atoms with Crippen molar-refractivity contribution in [2.45, 2.75) is 37.9 Å². The van der Waals surface area contributed by atoms with E-state index in [0.717, 1.165) is 50.7 Å². The van der Waals surface area contributed by atoms with Crippen LogP contribution in [0.1, 0.15) is 37.7 Å². The number of hydrogen-bond acceptors (Lipinski definition) is 6. The number of pyridine rings is 1. The molecule has 0 atom stereocenters. The standard InChI is InChI=1S/C27H27F2N5O2S/c28-22-7-6-19(16-37(35,36)15-18-4-5-18)25(29)27(22)34-14-21(20-12-30-17-31-13-20)26-23(34)8-9-24(32-26)33-10-2-1-3-11-33/h6-9,12-14,17-18H,1-5,10-11,15-16H2. The van der Waals surface area contributed by atoms with Gasteiger partial charge in [0.05, 0.1) is 22.5 Å². The summed E-state index contributed by atoms with van der Waals surface area (Å²) in [6.07, 6.45) is 11.4. The zero-order valence-corrected chi connectivity index (χ0v) is 21.1. The minimum atomic E-state index is -3.51. The second-order valence-corrected chi connectivity index (χ2v) is 12.1. The van der Waals surface area contributed by atoms with Crippen molar-refractivity contribution in [2.75, 3.05) is 23.7 Å². The van der Waals surface area contributed by atoms with E-state index in [1.807, 2.05) is 12.1 Å². The molecule has 0 unspecified atom stereocenters. The molecule has 6 rings (SSSR count). The number of aromatic nitrogens is 4. The Morgan fingerprint density at radius 3 is 2.46 bits per heavy atom. The number of halogens is 2. The van der Waals surface area contributed by atoms with E-state index in [2.05, 4.69) is 14.9 Å². The van der Waals surface area contributed by atoms with E-state index in [-0.39, 0.29) is 22.9 Å². The van der Waals surface area contributed by atoms with Crippen molar-refractivity contribution in [2.24, 2.45) is 5.92 Å². The van der Waals surface area contributed by atoms with Crippen molar-refractivity contribution >= 4 is 26.7 Å². The van der Waals surface area contributed by atoms with Gasteiger partial charge in [0.1, 0.15) is 23.6 Å². The molecule has 0 N–H and O–H groups in total. The normalized spacial score (nSPS) is 16.4. The van der Waals surface area contributed by atoms with Gasteiger partial charge in [-0.15, -0.1) is 0 Å². The SMILES string of the molecule is O=S(=O)(Cc1ccc(F)c(-n2cc(-c3cncnc3)c3nc(N4CCCCC4)ccc32)c1F)CC1CC1. The van der Waals surface area contributed by atoms with E-state index < -0.39 is 27.2 Å². The van der Waals surface area contributed by atoms with E-state index >= 15 is 8.78 Å². The zero-order chi connectivity index (χ0) is 25.6. The molecule has 10 heteroatoms. The van der Waals surface area contributed by atoms with Gasteiger partial charge in [0, 0.05) is 48.4 Å². The van der Waals surface area contributed by atoms with E-state index in [1.165, 1.54) is 23.4 Å². The van der Waals surface area contributed by atoms with Gasteiger partial charge in [-0.25, -0.2) is 32.2 Å². The van der Waals surface area contributed by atoms with Crippen molar-refractivity contribution < 1.29 is 17.2 Å². The maximum atomic E-state index is 15.8. The molecule has 1 saturated carbocycles. The molecule has 7 nitrogen and oxygen atoms in total. The first-order chi connectivity index (χ1) is 17.9. The lowest BCUT2D eigenvalue weighted by Gasteiger charge is -2.27. The van der Waals surface area contributed by atoms with Gasteiger partial charge in [0.15, 0.2) is 15.7 Å². The molecule has 0 bridgehead atoms. The number of fused-ring (bicyclic) bond motifs is 1. The molecular weight excluding hydrogens is 496 g/mol. The largest absolute Gasteiger partial charge is 0.357 e. The third kappa shape index (κ3) is 4.82. The number of hydrogen-bond donors (Lipinski definition) is 0. The van der Waals surface area contributed by atoms with Crippen LogP contribution in [-0.2, 0) is 15.6 Å². The third-order valence-electron chi connectivity index (χ3n) is 7.13. The third-order valence-corrected chi connectivity index (χ3v) is 8.86. The number of piperidine rings is 1. The Morgan fingerprint density at radius 2 is 1.73 bits per heavy atom. The van der Waals surface area contributed by atoms with Crippen molar-refractivity contribution in [1.82, 2.24) is 19.5 Å². The lowest BCUT2D eigenvalue weighted by atomic mass is 10.1. The van der Waals surface area contributed by atoms with Crippen LogP contribution >= 0.6 is 0 Å². The number of rotatable bonds is 7. The molecule has 2 fully saturated rings. The Bertz CT molecular complexity index is 1560. The minimum absolute atomic E-state index is 0.0347. The van der Waals surface area contributed by atoms with Crippen LogP contribution in [0.4, 0.5) is 14.6 Å². The summed E-state index contributed by atoms with van der Waals surface area (Å²) in [5.74, 6) is -1.13. The van der Waals surface area contributed by atoms with Crippen LogP contribution in [0.25, 0.3) is 27.8 Å². The lowest BCUT2D eigenvalue weighted by molar-refractivity contribution is 0.559. The molecular formula is C27H27F2N5O2S. The van der Waals surface area contributed by atoms with Crippen LogP contribution in [0.3, 0.4) is 0 Å². The lowest BCUT2D eigenvalue weighted by Crippen LogP contribution is -2.30. The predicted molar refractivity (Wildman–Crippen MR) is 138 cm³/mol. The van der Waals surface area contributed by atoms with Gasteiger partial charge in [-0.2, -0.15) is 0 Å². The number of sulfone groups is 1. The van der Waals surface area contributed by atoms with Crippen molar-refractivity contribution in [3.05, 3.63) is 66.4 Å². The van der Waals surface area contributed by atoms with E-state index in [1.54, 1.807) is 18.6 Å². The summed E-state index contributed by atoms with van der Waals surface area (Å²) in [4.78, 5) is 15.3. The molecule has 1 aliphatic heterocycles. The molecule has 4 heterocycles. The second-order valence-electron chi connectivity index (χ2n) is 9.99. The number of benzene rings is 1. The Hall–Kier alpha value is -3.40. The summed E-state index contributed by atoms with van der Waals surface area (Å²) in [5.41, 5.74) is 2.03. The second kappa shape index (κ2) is 9.48. The molecule has 0 radical (unpaired) electrons. The van der Waals surface area contributed by atoms with Crippen molar-refractivity contribution in [3.8, 4) is 16.8 Å². The highest BCUT2D eigenvalue weighted by Crippen LogP contribution is 2.36. The van der Waals surface area contributed by atoms with Crippen LogP contribution in [0.15, 0.2) is 49.2 Å². The van der Waals surface area contributed by atoms with Gasteiger partial charge in [-0.05, 0) is 56.2 Å². The summed E-state index contributed by atoms with van der Waals surface area (Å²) in [6, 6.07) is 6.04. The highest BCUT2D eigenvalue weighted by atomic mass is 32.2. The molecule has 2 aliphatic rings. The van der Waals surface area contributed by atoms with E-state index in [0.29, 0.717) is 22.2 Å². The highest BCUT2D eigenvalue weighted by molar-refractivity contribution is 7.90. The summed E-state index contributed by atoms with van der Waals surface area (Å²) < 4.78 is 57.7. The van der Waals surface area contributed by atoms with Gasteiger partial charge in [-0.3, -0.25) is 0 Å². The van der Waals surface area contributed by atoms with Crippen molar-refractivity contribution in [1.29, 1.82) is 0 Å². The summed E-state index contributed by atoms with van der Waals surface area (Å²) in [5, 5.41) is 0.